The number of nitrogens with one attached hydrogen (secondary N) is 1. The molecule has 0 radical (unpaired) electrons. The number of amides is 1. The normalized spacial score (nSPS) is 10.7. The van der Waals surface area contributed by atoms with Crippen LogP contribution in [0.5, 0.6) is 11.5 Å². The molecule has 0 aromatic heterocycles. The Kier molecular flexibility index (Phi) is 8.45. The van der Waals surface area contributed by atoms with E-state index in [1.165, 1.54) is 32.4 Å². The standard InChI is InChI=1S/C23H24N2O5/c1-4-5-12-30-20-11-6-16(14-21(20)28-2)13-18(15-24)22(26)25-19-9-7-17(8-10-19)23(27)29-3/h6-11,13-14H,4-5,12H2,1-3H3,(H,25,26). The van der Waals surface area contributed by atoms with Gasteiger partial charge in [0.25, 0.3) is 5.91 Å². The van der Waals surface area contributed by atoms with Crippen molar-refractivity contribution in [2.45, 2.75) is 19.8 Å². The molecule has 2 rings (SSSR count). The largest absolute Gasteiger partial charge is 0.493 e. The van der Waals surface area contributed by atoms with Crippen LogP contribution in [0.1, 0.15) is 35.7 Å². The van der Waals surface area contributed by atoms with E-state index in [1.54, 1.807) is 30.3 Å². The van der Waals surface area contributed by atoms with Crippen LogP contribution in [0.25, 0.3) is 6.08 Å². The summed E-state index contributed by atoms with van der Waals surface area (Å²) in [6, 6.07) is 13.3. The lowest BCUT2D eigenvalue weighted by Crippen LogP contribution is -2.13. The number of carbonyl (C=O) groups is 2. The molecule has 0 fully saturated rings. The van der Waals surface area contributed by atoms with Crippen LogP contribution in [0.2, 0.25) is 0 Å². The van der Waals surface area contributed by atoms with E-state index in [2.05, 4.69) is 17.0 Å². The molecule has 0 saturated carbocycles. The Balaban J connectivity index is 2.15. The van der Waals surface area contributed by atoms with Gasteiger partial charge in [0.2, 0.25) is 0 Å². The van der Waals surface area contributed by atoms with Gasteiger partial charge in [-0.05, 0) is 54.5 Å². The molecule has 156 valence electrons. The Hall–Kier alpha value is -3.79. The first-order chi connectivity index (χ1) is 14.5. The number of hydrogen-bond donors (Lipinski definition) is 1. The van der Waals surface area contributed by atoms with E-state index < -0.39 is 11.9 Å². The third kappa shape index (κ3) is 6.11. The molecule has 0 spiro atoms. The van der Waals surface area contributed by atoms with Gasteiger partial charge in [0.1, 0.15) is 11.6 Å². The molecule has 7 heteroatoms. The van der Waals surface area contributed by atoms with Crippen molar-refractivity contribution < 1.29 is 23.8 Å². The molecular formula is C23H24N2O5. The van der Waals surface area contributed by atoms with Gasteiger partial charge in [-0.1, -0.05) is 19.4 Å². The van der Waals surface area contributed by atoms with E-state index in [-0.39, 0.29) is 5.57 Å². The number of carbonyl (C=O) groups excluding carboxylic acids is 2. The zero-order valence-electron chi connectivity index (χ0n) is 17.2. The quantitative estimate of drug-likeness (QED) is 0.289. The van der Waals surface area contributed by atoms with Crippen molar-refractivity contribution in [3.05, 3.63) is 59.2 Å². The van der Waals surface area contributed by atoms with Gasteiger partial charge in [0.15, 0.2) is 11.5 Å². The van der Waals surface area contributed by atoms with E-state index in [1.807, 2.05) is 6.07 Å². The van der Waals surface area contributed by atoms with Gasteiger partial charge >= 0.3 is 5.97 Å². The molecule has 1 amide bonds. The van der Waals surface area contributed by atoms with E-state index in [9.17, 15) is 14.9 Å². The van der Waals surface area contributed by atoms with E-state index in [4.69, 9.17) is 9.47 Å². The second kappa shape index (κ2) is 11.3. The highest BCUT2D eigenvalue weighted by atomic mass is 16.5. The number of hydrogen-bond acceptors (Lipinski definition) is 6. The predicted octanol–water partition coefficient (Wildman–Crippen LogP) is 4.21. The Morgan fingerprint density at radius 3 is 2.43 bits per heavy atom. The minimum atomic E-state index is -0.564. The van der Waals surface area contributed by atoms with Crippen LogP contribution >= 0.6 is 0 Å². The Labute approximate surface area is 175 Å². The van der Waals surface area contributed by atoms with E-state index in [0.29, 0.717) is 34.9 Å². The summed E-state index contributed by atoms with van der Waals surface area (Å²) >= 11 is 0. The highest BCUT2D eigenvalue weighted by Crippen LogP contribution is 2.29. The molecule has 2 aromatic rings. The summed E-state index contributed by atoms with van der Waals surface area (Å²) in [6.45, 7) is 2.67. The van der Waals surface area contributed by atoms with Crippen molar-refractivity contribution in [3.63, 3.8) is 0 Å². The molecule has 0 bridgehead atoms. The highest BCUT2D eigenvalue weighted by Gasteiger charge is 2.12. The lowest BCUT2D eigenvalue weighted by molar-refractivity contribution is -0.112. The van der Waals surface area contributed by atoms with Crippen LogP contribution < -0.4 is 14.8 Å². The molecule has 0 heterocycles. The number of esters is 1. The molecule has 0 saturated heterocycles. The van der Waals surface area contributed by atoms with Crippen LogP contribution in [-0.4, -0.2) is 32.7 Å². The van der Waals surface area contributed by atoms with E-state index >= 15 is 0 Å². The van der Waals surface area contributed by atoms with Gasteiger partial charge in [0, 0.05) is 5.69 Å². The summed E-state index contributed by atoms with van der Waals surface area (Å²) in [6.07, 6.45) is 3.43. The molecule has 1 N–H and O–H groups in total. The Morgan fingerprint density at radius 2 is 1.83 bits per heavy atom. The summed E-state index contributed by atoms with van der Waals surface area (Å²) in [4.78, 5) is 23.9. The van der Waals surface area contributed by atoms with Gasteiger partial charge < -0.3 is 19.5 Å². The topological polar surface area (TPSA) is 97.7 Å². The minimum absolute atomic E-state index is 0.0752. The summed E-state index contributed by atoms with van der Waals surface area (Å²) in [7, 11) is 2.83. The average Bonchev–Trinajstić information content (AvgIpc) is 2.78. The molecule has 30 heavy (non-hydrogen) atoms. The SMILES string of the molecule is CCCCOc1ccc(C=C(C#N)C(=O)Nc2ccc(C(=O)OC)cc2)cc1OC. The second-order valence-electron chi connectivity index (χ2n) is 6.31. The zero-order valence-corrected chi connectivity index (χ0v) is 17.2. The van der Waals surface area contributed by atoms with Crippen LogP contribution in [-0.2, 0) is 9.53 Å². The third-order valence-electron chi connectivity index (χ3n) is 4.18. The van der Waals surface area contributed by atoms with Gasteiger partial charge in [0.05, 0.1) is 26.4 Å². The molecule has 2 aromatic carbocycles. The first-order valence-corrected chi connectivity index (χ1v) is 9.44. The average molecular weight is 408 g/mol. The number of methoxy groups -OCH3 is 2. The molecule has 0 unspecified atom stereocenters. The third-order valence-corrected chi connectivity index (χ3v) is 4.18. The first kappa shape index (κ1) is 22.5. The smallest absolute Gasteiger partial charge is 0.337 e. The highest BCUT2D eigenvalue weighted by molar-refractivity contribution is 6.09. The van der Waals surface area contributed by atoms with Crippen molar-refractivity contribution in [2.24, 2.45) is 0 Å². The fourth-order valence-electron chi connectivity index (χ4n) is 2.54. The lowest BCUT2D eigenvalue weighted by atomic mass is 10.1. The number of benzene rings is 2. The molecular weight excluding hydrogens is 384 g/mol. The van der Waals surface area contributed by atoms with Crippen molar-refractivity contribution in [1.29, 1.82) is 5.26 Å². The maximum absolute atomic E-state index is 12.5. The number of unbranched alkanes of at least 4 members (excludes halogenated alkanes) is 1. The summed E-state index contributed by atoms with van der Waals surface area (Å²) in [5, 5.41) is 12.0. The van der Waals surface area contributed by atoms with Crippen LogP contribution in [0, 0.1) is 11.3 Å². The summed E-state index contributed by atoms with van der Waals surface area (Å²) < 4.78 is 15.7. The van der Waals surface area contributed by atoms with Gasteiger partial charge in [-0.25, -0.2) is 4.79 Å². The number of anilines is 1. The molecule has 7 nitrogen and oxygen atoms in total. The Bertz CT molecular complexity index is 959. The molecule has 0 aliphatic carbocycles. The minimum Gasteiger partial charge on any atom is -0.493 e. The van der Waals surface area contributed by atoms with Crippen LogP contribution in [0.15, 0.2) is 48.0 Å². The number of ether oxygens (including phenoxy) is 3. The van der Waals surface area contributed by atoms with Crippen molar-refractivity contribution in [3.8, 4) is 17.6 Å². The molecule has 0 aliphatic rings. The maximum atomic E-state index is 12.5. The van der Waals surface area contributed by atoms with Gasteiger partial charge in [-0.2, -0.15) is 5.26 Å². The maximum Gasteiger partial charge on any atom is 0.337 e. The van der Waals surface area contributed by atoms with Crippen LogP contribution in [0.4, 0.5) is 5.69 Å². The number of nitrogens with zero attached hydrogens (tertiary/aromatic N) is 1. The van der Waals surface area contributed by atoms with Crippen molar-refractivity contribution >= 4 is 23.6 Å². The van der Waals surface area contributed by atoms with E-state index in [0.717, 1.165) is 12.8 Å². The fourth-order valence-corrected chi connectivity index (χ4v) is 2.54. The molecule has 0 aliphatic heterocycles. The first-order valence-electron chi connectivity index (χ1n) is 9.44. The second-order valence-corrected chi connectivity index (χ2v) is 6.31. The monoisotopic (exact) mass is 408 g/mol. The predicted molar refractivity (Wildman–Crippen MR) is 113 cm³/mol. The van der Waals surface area contributed by atoms with Gasteiger partial charge in [-0.15, -0.1) is 0 Å². The van der Waals surface area contributed by atoms with Gasteiger partial charge in [-0.3, -0.25) is 4.79 Å². The van der Waals surface area contributed by atoms with Crippen molar-refractivity contribution in [2.75, 3.05) is 26.1 Å². The number of nitriles is 1. The Morgan fingerprint density at radius 1 is 1.10 bits per heavy atom. The van der Waals surface area contributed by atoms with Crippen molar-refractivity contribution in [1.82, 2.24) is 0 Å². The summed E-state index contributed by atoms with van der Waals surface area (Å²) in [5.74, 6) is 0.0971. The van der Waals surface area contributed by atoms with Crippen LogP contribution in [0.3, 0.4) is 0 Å². The fraction of sp³-hybridized carbons (Fsp3) is 0.261. The lowest BCUT2D eigenvalue weighted by Gasteiger charge is -2.11. The number of rotatable bonds is 9. The zero-order chi connectivity index (χ0) is 21.9. The molecule has 0 atom stereocenters. The summed E-state index contributed by atoms with van der Waals surface area (Å²) in [5.41, 5.74) is 1.36.